The van der Waals surface area contributed by atoms with E-state index in [9.17, 15) is 9.59 Å². The summed E-state index contributed by atoms with van der Waals surface area (Å²) in [6.45, 7) is 5.71. The van der Waals surface area contributed by atoms with Crippen molar-refractivity contribution in [1.29, 1.82) is 0 Å². The molecule has 0 aliphatic heterocycles. The first-order chi connectivity index (χ1) is 8.54. The van der Waals surface area contributed by atoms with Gasteiger partial charge in [0.25, 0.3) is 0 Å². The number of aromatic nitrogens is 1. The summed E-state index contributed by atoms with van der Waals surface area (Å²) >= 11 is 0. The largest absolute Gasteiger partial charge is 0.476 e. The maximum atomic E-state index is 11.7. The third-order valence-electron chi connectivity index (χ3n) is 2.60. The molecular formula is C13H17NO4. The number of esters is 1. The van der Waals surface area contributed by atoms with E-state index >= 15 is 0 Å². The summed E-state index contributed by atoms with van der Waals surface area (Å²) < 4.78 is 4.85. The molecule has 0 atom stereocenters. The van der Waals surface area contributed by atoms with E-state index in [4.69, 9.17) is 9.84 Å². The normalized spacial score (nSPS) is 10.2. The van der Waals surface area contributed by atoms with Gasteiger partial charge in [-0.3, -0.25) is 0 Å². The van der Waals surface area contributed by atoms with Gasteiger partial charge in [0.05, 0.1) is 12.2 Å². The minimum atomic E-state index is -1.21. The molecular weight excluding hydrogens is 234 g/mol. The zero-order chi connectivity index (χ0) is 13.7. The number of ether oxygens (including phenoxy) is 1. The third-order valence-corrected chi connectivity index (χ3v) is 2.60. The monoisotopic (exact) mass is 251 g/mol. The lowest BCUT2D eigenvalue weighted by Gasteiger charge is -2.10. The summed E-state index contributed by atoms with van der Waals surface area (Å²) in [6, 6.07) is 1.58. The van der Waals surface area contributed by atoms with Crippen LogP contribution in [0.15, 0.2) is 6.07 Å². The van der Waals surface area contributed by atoms with Gasteiger partial charge in [0, 0.05) is 5.69 Å². The number of hydrogen-bond donors (Lipinski definition) is 1. The van der Waals surface area contributed by atoms with Crippen molar-refractivity contribution in [3.8, 4) is 0 Å². The number of rotatable bonds is 5. The molecule has 1 aromatic heterocycles. The Labute approximate surface area is 106 Å². The molecule has 0 bridgehead atoms. The summed E-state index contributed by atoms with van der Waals surface area (Å²) in [4.78, 5) is 26.9. The van der Waals surface area contributed by atoms with E-state index in [1.54, 1.807) is 13.0 Å². The maximum Gasteiger partial charge on any atom is 0.355 e. The molecule has 0 fully saturated rings. The summed E-state index contributed by atoms with van der Waals surface area (Å²) in [7, 11) is 0. The van der Waals surface area contributed by atoms with Gasteiger partial charge in [0.2, 0.25) is 0 Å². The highest BCUT2D eigenvalue weighted by Crippen LogP contribution is 2.16. The summed E-state index contributed by atoms with van der Waals surface area (Å²) in [5, 5.41) is 9.10. The quantitative estimate of drug-likeness (QED) is 0.811. The number of pyridine rings is 1. The molecule has 5 nitrogen and oxygen atoms in total. The van der Waals surface area contributed by atoms with Gasteiger partial charge in [0.15, 0.2) is 5.69 Å². The van der Waals surface area contributed by atoms with Crippen LogP contribution in [0.4, 0.5) is 0 Å². The van der Waals surface area contributed by atoms with Crippen molar-refractivity contribution in [2.75, 3.05) is 6.61 Å². The number of aryl methyl sites for hydroxylation is 2. The van der Waals surface area contributed by atoms with Gasteiger partial charge >= 0.3 is 11.9 Å². The van der Waals surface area contributed by atoms with E-state index in [1.165, 1.54) is 0 Å². The van der Waals surface area contributed by atoms with Gasteiger partial charge in [-0.1, -0.05) is 13.8 Å². The SMILES string of the molecule is CCOC(=O)c1cc(CC)c(CC)nc1C(=O)O. The predicted molar refractivity (Wildman–Crippen MR) is 65.9 cm³/mol. The van der Waals surface area contributed by atoms with Gasteiger partial charge in [0.1, 0.15) is 0 Å². The molecule has 0 unspecified atom stereocenters. The van der Waals surface area contributed by atoms with Crippen LogP contribution in [0.25, 0.3) is 0 Å². The molecule has 0 saturated carbocycles. The smallest absolute Gasteiger partial charge is 0.355 e. The number of carboxylic acid groups (broad SMARTS) is 1. The first-order valence-corrected chi connectivity index (χ1v) is 5.98. The fraction of sp³-hybridized carbons (Fsp3) is 0.462. The van der Waals surface area contributed by atoms with Crippen LogP contribution in [-0.2, 0) is 17.6 Å². The molecule has 0 aromatic carbocycles. The number of carboxylic acids is 1. The van der Waals surface area contributed by atoms with Crippen LogP contribution in [-0.4, -0.2) is 28.6 Å². The second kappa shape index (κ2) is 6.14. The van der Waals surface area contributed by atoms with E-state index in [2.05, 4.69) is 4.98 Å². The molecule has 0 spiro atoms. The van der Waals surface area contributed by atoms with Gasteiger partial charge < -0.3 is 9.84 Å². The molecule has 0 aliphatic carbocycles. The van der Waals surface area contributed by atoms with Crippen LogP contribution in [0.1, 0.15) is 52.9 Å². The molecule has 0 aliphatic rings. The highest BCUT2D eigenvalue weighted by molar-refractivity contribution is 6.01. The first-order valence-electron chi connectivity index (χ1n) is 5.98. The molecule has 1 heterocycles. The van der Waals surface area contributed by atoms with E-state index in [0.717, 1.165) is 5.56 Å². The summed E-state index contributed by atoms with van der Waals surface area (Å²) in [5.74, 6) is -1.85. The lowest BCUT2D eigenvalue weighted by molar-refractivity contribution is 0.0512. The van der Waals surface area contributed by atoms with E-state index in [-0.39, 0.29) is 17.9 Å². The van der Waals surface area contributed by atoms with Crippen LogP contribution >= 0.6 is 0 Å². The van der Waals surface area contributed by atoms with Crippen molar-refractivity contribution in [3.63, 3.8) is 0 Å². The maximum absolute atomic E-state index is 11.7. The Morgan fingerprint density at radius 1 is 1.28 bits per heavy atom. The van der Waals surface area contributed by atoms with Crippen LogP contribution in [0.5, 0.6) is 0 Å². The molecule has 1 rings (SSSR count). The molecule has 0 saturated heterocycles. The molecule has 1 N–H and O–H groups in total. The van der Waals surface area contributed by atoms with Crippen LogP contribution < -0.4 is 0 Å². The molecule has 98 valence electrons. The van der Waals surface area contributed by atoms with Crippen LogP contribution in [0, 0.1) is 0 Å². The standard InChI is InChI=1S/C13H17NO4/c1-4-8-7-9(13(17)18-6-3)11(12(15)16)14-10(8)5-2/h7H,4-6H2,1-3H3,(H,15,16). The van der Waals surface area contributed by atoms with E-state index in [0.29, 0.717) is 18.5 Å². The van der Waals surface area contributed by atoms with Crippen molar-refractivity contribution < 1.29 is 19.4 Å². The van der Waals surface area contributed by atoms with Crippen LogP contribution in [0.2, 0.25) is 0 Å². The van der Waals surface area contributed by atoms with Crippen molar-refractivity contribution in [3.05, 3.63) is 28.6 Å². The Bertz CT molecular complexity index is 468. The average Bonchev–Trinajstić information content (AvgIpc) is 2.37. The third kappa shape index (κ3) is 2.85. The fourth-order valence-corrected chi connectivity index (χ4v) is 1.73. The topological polar surface area (TPSA) is 76.5 Å². The lowest BCUT2D eigenvalue weighted by atomic mass is 10.0. The zero-order valence-electron chi connectivity index (χ0n) is 10.8. The first kappa shape index (κ1) is 14.2. The highest BCUT2D eigenvalue weighted by atomic mass is 16.5. The lowest BCUT2D eigenvalue weighted by Crippen LogP contribution is -2.16. The molecule has 1 aromatic rings. The van der Waals surface area contributed by atoms with Crippen molar-refractivity contribution in [1.82, 2.24) is 4.98 Å². The van der Waals surface area contributed by atoms with Gasteiger partial charge in [-0.2, -0.15) is 0 Å². The highest BCUT2D eigenvalue weighted by Gasteiger charge is 2.21. The molecule has 5 heteroatoms. The molecule has 18 heavy (non-hydrogen) atoms. The number of carbonyl (C=O) groups excluding carboxylic acids is 1. The molecule has 0 radical (unpaired) electrons. The fourth-order valence-electron chi connectivity index (χ4n) is 1.73. The Morgan fingerprint density at radius 2 is 1.94 bits per heavy atom. The van der Waals surface area contributed by atoms with E-state index < -0.39 is 11.9 Å². The van der Waals surface area contributed by atoms with Crippen LogP contribution in [0.3, 0.4) is 0 Å². The van der Waals surface area contributed by atoms with E-state index in [1.807, 2.05) is 13.8 Å². The minimum Gasteiger partial charge on any atom is -0.476 e. The summed E-state index contributed by atoms with van der Waals surface area (Å²) in [6.07, 6.45) is 1.33. The van der Waals surface area contributed by atoms with Gasteiger partial charge in [-0.15, -0.1) is 0 Å². The minimum absolute atomic E-state index is 0.0263. The number of nitrogens with zero attached hydrogens (tertiary/aromatic N) is 1. The van der Waals surface area contributed by atoms with Crippen molar-refractivity contribution in [2.45, 2.75) is 33.6 Å². The Hall–Kier alpha value is -1.91. The number of hydrogen-bond acceptors (Lipinski definition) is 4. The second-order valence-electron chi connectivity index (χ2n) is 3.72. The van der Waals surface area contributed by atoms with Gasteiger partial charge in [-0.05, 0) is 31.4 Å². The number of aromatic carboxylic acids is 1. The van der Waals surface area contributed by atoms with Crippen molar-refractivity contribution >= 4 is 11.9 Å². The average molecular weight is 251 g/mol. The zero-order valence-corrected chi connectivity index (χ0v) is 10.8. The number of carbonyl (C=O) groups is 2. The second-order valence-corrected chi connectivity index (χ2v) is 3.72. The van der Waals surface area contributed by atoms with Gasteiger partial charge in [-0.25, -0.2) is 14.6 Å². The summed E-state index contributed by atoms with van der Waals surface area (Å²) in [5.41, 5.74) is 1.38. The predicted octanol–water partition coefficient (Wildman–Crippen LogP) is 2.08. The van der Waals surface area contributed by atoms with Crippen molar-refractivity contribution in [2.24, 2.45) is 0 Å². The Morgan fingerprint density at radius 3 is 2.39 bits per heavy atom. The Kier molecular flexibility index (Phi) is 4.83. The Balaban J connectivity index is 3.37. The molecule has 0 amide bonds.